The molecule has 1 rings (SSSR count). The maximum atomic E-state index is 11.0. The lowest BCUT2D eigenvalue weighted by Gasteiger charge is -2.03. The predicted octanol–water partition coefficient (Wildman–Crippen LogP) is 2.75. The molecule has 0 spiro atoms. The van der Waals surface area contributed by atoms with E-state index in [9.17, 15) is 4.79 Å². The first-order valence-electron chi connectivity index (χ1n) is 6.03. The van der Waals surface area contributed by atoms with Gasteiger partial charge in [0.25, 0.3) is 0 Å². The number of ether oxygens (including phenoxy) is 3. The van der Waals surface area contributed by atoms with Crippen molar-refractivity contribution < 1.29 is 19.0 Å². The van der Waals surface area contributed by atoms with Crippen molar-refractivity contribution in [3.05, 3.63) is 48.6 Å². The summed E-state index contributed by atoms with van der Waals surface area (Å²) in [5, 5.41) is 0. The molecule has 0 aliphatic carbocycles. The number of allylic oxidation sites excluding steroid dienone is 2. The minimum Gasteiger partial charge on any atom is -0.497 e. The van der Waals surface area contributed by atoms with Gasteiger partial charge in [0.15, 0.2) is 0 Å². The molecule has 0 aliphatic heterocycles. The Labute approximate surface area is 113 Å². The number of benzene rings is 1. The normalized spacial score (nSPS) is 10.8. The summed E-state index contributed by atoms with van der Waals surface area (Å²) in [6.07, 6.45) is 6.53. The molecule has 102 valence electrons. The van der Waals surface area contributed by atoms with E-state index < -0.39 is 0 Å². The molecule has 0 bridgehead atoms. The topological polar surface area (TPSA) is 44.8 Å². The fourth-order valence-corrected chi connectivity index (χ4v) is 1.27. The summed E-state index contributed by atoms with van der Waals surface area (Å²) < 4.78 is 15.3. The van der Waals surface area contributed by atoms with E-state index >= 15 is 0 Å². The highest BCUT2D eigenvalue weighted by molar-refractivity contribution is 5.82. The van der Waals surface area contributed by atoms with E-state index in [0.29, 0.717) is 13.2 Å². The van der Waals surface area contributed by atoms with Crippen molar-refractivity contribution in [2.45, 2.75) is 6.92 Å². The number of esters is 1. The largest absolute Gasteiger partial charge is 0.497 e. The number of methoxy groups -OCH3 is 1. The van der Waals surface area contributed by atoms with E-state index in [1.807, 2.05) is 24.3 Å². The van der Waals surface area contributed by atoms with Crippen LogP contribution < -0.4 is 9.47 Å². The predicted molar refractivity (Wildman–Crippen MR) is 73.4 cm³/mol. The maximum absolute atomic E-state index is 11.0. The molecule has 1 aromatic rings. The van der Waals surface area contributed by atoms with Crippen molar-refractivity contribution in [2.75, 3.05) is 20.3 Å². The zero-order valence-corrected chi connectivity index (χ0v) is 11.2. The minimum absolute atomic E-state index is 0.344. The molecule has 0 radical (unpaired) electrons. The third-order valence-electron chi connectivity index (χ3n) is 2.17. The van der Waals surface area contributed by atoms with Gasteiger partial charge in [-0.15, -0.1) is 0 Å². The zero-order valence-electron chi connectivity index (χ0n) is 11.2. The standard InChI is InChI=1S/C15H18O4/c1-3-18-15(16)7-5-4-6-12-19-14-10-8-13(17-2)9-11-14/h4-11H,3,12H2,1-2H3/b6-4+,7-5+. The first-order valence-corrected chi connectivity index (χ1v) is 6.03. The Balaban J connectivity index is 2.27. The second kappa shape index (κ2) is 8.80. The molecule has 0 amide bonds. The average molecular weight is 262 g/mol. The summed E-state index contributed by atoms with van der Waals surface area (Å²) >= 11 is 0. The number of carbonyl (C=O) groups is 1. The van der Waals surface area contributed by atoms with Crippen LogP contribution in [0.15, 0.2) is 48.6 Å². The van der Waals surface area contributed by atoms with Crippen LogP contribution in [0.1, 0.15) is 6.92 Å². The molecule has 4 heteroatoms. The lowest BCUT2D eigenvalue weighted by atomic mass is 10.3. The Kier molecular flexibility index (Phi) is 6.87. The Morgan fingerprint density at radius 2 is 1.84 bits per heavy atom. The molecule has 0 atom stereocenters. The second-order valence-corrected chi connectivity index (χ2v) is 3.53. The first-order chi connectivity index (χ1) is 9.26. The van der Waals surface area contributed by atoms with E-state index in [1.165, 1.54) is 6.08 Å². The number of hydrogen-bond donors (Lipinski definition) is 0. The van der Waals surface area contributed by atoms with Crippen LogP contribution in [0, 0.1) is 0 Å². The van der Waals surface area contributed by atoms with Gasteiger partial charge in [-0.05, 0) is 37.3 Å². The van der Waals surface area contributed by atoms with Crippen molar-refractivity contribution in [3.63, 3.8) is 0 Å². The quantitative estimate of drug-likeness (QED) is 0.430. The monoisotopic (exact) mass is 262 g/mol. The summed E-state index contributed by atoms with van der Waals surface area (Å²) in [5.41, 5.74) is 0. The van der Waals surface area contributed by atoms with Crippen LogP contribution in [-0.4, -0.2) is 26.3 Å². The van der Waals surface area contributed by atoms with Gasteiger partial charge in [-0.1, -0.05) is 12.2 Å². The van der Waals surface area contributed by atoms with E-state index in [4.69, 9.17) is 14.2 Å². The van der Waals surface area contributed by atoms with Crippen LogP contribution >= 0.6 is 0 Å². The summed E-state index contributed by atoms with van der Waals surface area (Å²) in [7, 11) is 1.62. The van der Waals surface area contributed by atoms with E-state index in [1.54, 1.807) is 32.3 Å². The van der Waals surface area contributed by atoms with Gasteiger partial charge >= 0.3 is 5.97 Å². The Morgan fingerprint density at radius 1 is 1.16 bits per heavy atom. The molecule has 0 heterocycles. The highest BCUT2D eigenvalue weighted by Crippen LogP contribution is 2.16. The van der Waals surface area contributed by atoms with E-state index in [-0.39, 0.29) is 5.97 Å². The van der Waals surface area contributed by atoms with Crippen molar-refractivity contribution in [1.29, 1.82) is 0 Å². The van der Waals surface area contributed by atoms with Gasteiger partial charge in [0.1, 0.15) is 18.1 Å². The van der Waals surface area contributed by atoms with Crippen LogP contribution in [-0.2, 0) is 9.53 Å². The fraction of sp³-hybridized carbons (Fsp3) is 0.267. The van der Waals surface area contributed by atoms with Crippen LogP contribution in [0.4, 0.5) is 0 Å². The molecule has 0 N–H and O–H groups in total. The average Bonchev–Trinajstić information content (AvgIpc) is 2.43. The highest BCUT2D eigenvalue weighted by atomic mass is 16.5. The zero-order chi connectivity index (χ0) is 13.9. The maximum Gasteiger partial charge on any atom is 0.330 e. The minimum atomic E-state index is -0.344. The lowest BCUT2D eigenvalue weighted by molar-refractivity contribution is -0.137. The third kappa shape index (κ3) is 6.31. The van der Waals surface area contributed by atoms with Gasteiger partial charge in [0, 0.05) is 6.08 Å². The third-order valence-corrected chi connectivity index (χ3v) is 2.17. The van der Waals surface area contributed by atoms with Gasteiger partial charge in [-0.3, -0.25) is 0 Å². The van der Waals surface area contributed by atoms with Crippen LogP contribution in [0.5, 0.6) is 11.5 Å². The van der Waals surface area contributed by atoms with Gasteiger partial charge < -0.3 is 14.2 Å². The second-order valence-electron chi connectivity index (χ2n) is 3.53. The Morgan fingerprint density at radius 3 is 2.47 bits per heavy atom. The molecule has 0 saturated carbocycles. The number of hydrogen-bond acceptors (Lipinski definition) is 4. The van der Waals surface area contributed by atoms with Crippen LogP contribution in [0.3, 0.4) is 0 Å². The summed E-state index contributed by atoms with van der Waals surface area (Å²) in [5.74, 6) is 1.21. The van der Waals surface area contributed by atoms with Crippen molar-refractivity contribution in [3.8, 4) is 11.5 Å². The molecule has 0 unspecified atom stereocenters. The molecule has 0 fully saturated rings. The fourth-order valence-electron chi connectivity index (χ4n) is 1.27. The molecular weight excluding hydrogens is 244 g/mol. The lowest BCUT2D eigenvalue weighted by Crippen LogP contribution is -1.98. The summed E-state index contributed by atoms with van der Waals surface area (Å²) in [4.78, 5) is 11.0. The molecule has 0 saturated heterocycles. The van der Waals surface area contributed by atoms with Crippen molar-refractivity contribution in [1.82, 2.24) is 0 Å². The Bertz CT molecular complexity index is 432. The number of carbonyl (C=O) groups excluding carboxylic acids is 1. The Hall–Kier alpha value is -2.23. The summed E-state index contributed by atoms with van der Waals surface area (Å²) in [6, 6.07) is 7.33. The van der Waals surface area contributed by atoms with Gasteiger partial charge in [0.2, 0.25) is 0 Å². The smallest absolute Gasteiger partial charge is 0.330 e. The molecule has 1 aromatic carbocycles. The highest BCUT2D eigenvalue weighted by Gasteiger charge is 1.93. The van der Waals surface area contributed by atoms with Gasteiger partial charge in [-0.2, -0.15) is 0 Å². The first kappa shape index (κ1) is 14.8. The van der Waals surface area contributed by atoms with Crippen molar-refractivity contribution in [2.24, 2.45) is 0 Å². The summed E-state index contributed by atoms with van der Waals surface area (Å²) in [6.45, 7) is 2.58. The SMILES string of the molecule is CCOC(=O)/C=C/C=C/COc1ccc(OC)cc1. The molecular formula is C15H18O4. The van der Waals surface area contributed by atoms with E-state index in [2.05, 4.69) is 0 Å². The molecule has 19 heavy (non-hydrogen) atoms. The van der Waals surface area contributed by atoms with Crippen molar-refractivity contribution >= 4 is 5.97 Å². The molecule has 4 nitrogen and oxygen atoms in total. The molecule has 0 aromatic heterocycles. The number of rotatable bonds is 7. The van der Waals surface area contributed by atoms with Gasteiger partial charge in [-0.25, -0.2) is 4.79 Å². The molecule has 0 aliphatic rings. The van der Waals surface area contributed by atoms with Crippen LogP contribution in [0.25, 0.3) is 0 Å². The van der Waals surface area contributed by atoms with Gasteiger partial charge in [0.05, 0.1) is 13.7 Å². The van der Waals surface area contributed by atoms with E-state index in [0.717, 1.165) is 11.5 Å². The van der Waals surface area contributed by atoms with Crippen LogP contribution in [0.2, 0.25) is 0 Å².